The van der Waals surface area contributed by atoms with Crippen LogP contribution in [0, 0.1) is 11.3 Å². The summed E-state index contributed by atoms with van der Waals surface area (Å²) >= 11 is 0. The van der Waals surface area contributed by atoms with E-state index in [9.17, 15) is 4.79 Å². The van der Waals surface area contributed by atoms with Crippen LogP contribution in [0.1, 0.15) is 6.92 Å². The van der Waals surface area contributed by atoms with Gasteiger partial charge in [0.1, 0.15) is 18.4 Å². The summed E-state index contributed by atoms with van der Waals surface area (Å²) in [5.74, 6) is 0.0134. The highest BCUT2D eigenvalue weighted by Gasteiger charge is 2.09. The molecule has 0 aliphatic rings. The van der Waals surface area contributed by atoms with Crippen molar-refractivity contribution in [1.82, 2.24) is 0 Å². The van der Waals surface area contributed by atoms with Crippen LogP contribution in [0.15, 0.2) is 48.7 Å². The summed E-state index contributed by atoms with van der Waals surface area (Å²) in [6.45, 7) is 5.88. The second-order valence-corrected chi connectivity index (χ2v) is 3.66. The summed E-state index contributed by atoms with van der Waals surface area (Å²) in [7, 11) is 0. The molecule has 0 aliphatic carbocycles. The summed E-state index contributed by atoms with van der Waals surface area (Å²) in [4.78, 5) is 11.4. The van der Waals surface area contributed by atoms with Crippen LogP contribution in [0.3, 0.4) is 0 Å². The lowest BCUT2D eigenvalue weighted by Crippen LogP contribution is -2.07. The number of benzene rings is 1. The minimum Gasteiger partial charge on any atom is -0.489 e. The number of hydrogen-bond donors (Lipinski definition) is 1. The van der Waals surface area contributed by atoms with Gasteiger partial charge in [0, 0.05) is 18.0 Å². The van der Waals surface area contributed by atoms with Gasteiger partial charge in [-0.1, -0.05) is 18.7 Å². The average Bonchev–Trinajstić information content (AvgIpc) is 2.46. The third-order valence-corrected chi connectivity index (χ3v) is 2.20. The third kappa shape index (κ3) is 4.86. The van der Waals surface area contributed by atoms with Gasteiger partial charge in [-0.2, -0.15) is 5.26 Å². The number of nitrogens with one attached hydrogen (secondary N) is 1. The van der Waals surface area contributed by atoms with E-state index in [1.54, 1.807) is 43.3 Å². The van der Waals surface area contributed by atoms with Gasteiger partial charge in [0.05, 0.1) is 6.61 Å². The topological polar surface area (TPSA) is 71.3 Å². The van der Waals surface area contributed by atoms with Crippen LogP contribution >= 0.6 is 0 Å². The van der Waals surface area contributed by atoms with E-state index >= 15 is 0 Å². The Morgan fingerprint density at radius 1 is 1.55 bits per heavy atom. The largest absolute Gasteiger partial charge is 0.489 e. The number of esters is 1. The van der Waals surface area contributed by atoms with E-state index in [1.807, 2.05) is 0 Å². The molecular weight excluding hydrogens is 256 g/mol. The first-order valence-electron chi connectivity index (χ1n) is 6.09. The number of carbonyl (C=O) groups excluding carboxylic acids is 1. The summed E-state index contributed by atoms with van der Waals surface area (Å²) in [6, 6.07) is 8.92. The molecule has 0 atom stereocenters. The Bertz CT molecular complexity index is 544. The van der Waals surface area contributed by atoms with Crippen LogP contribution in [0.5, 0.6) is 5.75 Å². The zero-order valence-electron chi connectivity index (χ0n) is 11.3. The molecule has 0 spiro atoms. The number of nitrogens with zero attached hydrogens (tertiary/aromatic N) is 1. The fourth-order valence-corrected chi connectivity index (χ4v) is 1.33. The van der Waals surface area contributed by atoms with Gasteiger partial charge in [0.2, 0.25) is 0 Å². The van der Waals surface area contributed by atoms with Gasteiger partial charge in [0.15, 0.2) is 5.57 Å². The van der Waals surface area contributed by atoms with Crippen LogP contribution in [-0.2, 0) is 9.53 Å². The summed E-state index contributed by atoms with van der Waals surface area (Å²) < 4.78 is 10.1. The van der Waals surface area contributed by atoms with Crippen molar-refractivity contribution in [1.29, 1.82) is 5.26 Å². The molecule has 0 unspecified atom stereocenters. The first-order valence-corrected chi connectivity index (χ1v) is 6.09. The van der Waals surface area contributed by atoms with Gasteiger partial charge in [-0.25, -0.2) is 4.79 Å². The number of nitriles is 1. The Morgan fingerprint density at radius 3 is 3.00 bits per heavy atom. The number of carbonyl (C=O) groups is 1. The molecule has 0 radical (unpaired) electrons. The maximum Gasteiger partial charge on any atom is 0.350 e. The maximum atomic E-state index is 11.4. The van der Waals surface area contributed by atoms with Crippen LogP contribution < -0.4 is 10.1 Å². The highest BCUT2D eigenvalue weighted by molar-refractivity contribution is 5.93. The Morgan fingerprint density at radius 2 is 2.35 bits per heavy atom. The molecule has 5 nitrogen and oxygen atoms in total. The number of hydrogen-bond acceptors (Lipinski definition) is 5. The number of rotatable bonds is 7. The zero-order valence-corrected chi connectivity index (χ0v) is 11.3. The minimum absolute atomic E-state index is 0.0933. The van der Waals surface area contributed by atoms with E-state index in [0.29, 0.717) is 18.0 Å². The fraction of sp³-hybridized carbons (Fsp3) is 0.200. The molecule has 5 heteroatoms. The molecule has 1 rings (SSSR count). The van der Waals surface area contributed by atoms with Gasteiger partial charge in [-0.15, -0.1) is 0 Å². The lowest BCUT2D eigenvalue weighted by molar-refractivity contribution is -0.138. The predicted molar refractivity (Wildman–Crippen MR) is 76.1 cm³/mol. The molecule has 0 aliphatic heterocycles. The van der Waals surface area contributed by atoms with Crippen molar-refractivity contribution < 1.29 is 14.3 Å². The molecule has 0 fully saturated rings. The molecule has 104 valence electrons. The standard InChI is InChI=1S/C15H16N2O3/c1-3-8-20-14-7-5-6-13(9-14)17-11-12(10-16)15(18)19-4-2/h3,5-7,9,11,17H,1,4,8H2,2H3/b12-11+. The fourth-order valence-electron chi connectivity index (χ4n) is 1.33. The van der Waals surface area contributed by atoms with E-state index in [-0.39, 0.29) is 12.2 Å². The second kappa shape index (κ2) is 8.38. The van der Waals surface area contributed by atoms with E-state index in [1.165, 1.54) is 6.20 Å². The van der Waals surface area contributed by atoms with Crippen molar-refractivity contribution in [2.24, 2.45) is 0 Å². The molecule has 20 heavy (non-hydrogen) atoms. The van der Waals surface area contributed by atoms with E-state index in [0.717, 1.165) is 0 Å². The normalized spacial score (nSPS) is 10.3. The molecule has 0 saturated heterocycles. The molecule has 0 aromatic heterocycles. The van der Waals surface area contributed by atoms with Crippen molar-refractivity contribution in [3.8, 4) is 11.8 Å². The van der Waals surface area contributed by atoms with Crippen LogP contribution in [0.4, 0.5) is 5.69 Å². The molecule has 1 aromatic rings. The molecule has 0 amide bonds. The minimum atomic E-state index is -0.651. The summed E-state index contributed by atoms with van der Waals surface area (Å²) in [5.41, 5.74) is 0.605. The van der Waals surface area contributed by atoms with Crippen LogP contribution in [0.2, 0.25) is 0 Å². The summed E-state index contributed by atoms with van der Waals surface area (Å²) in [5, 5.41) is 11.7. The van der Waals surface area contributed by atoms with Gasteiger partial charge in [0.25, 0.3) is 0 Å². The average molecular weight is 272 g/mol. The Balaban J connectivity index is 2.74. The molecule has 1 N–H and O–H groups in total. The molecule has 0 heterocycles. The first kappa shape index (κ1) is 15.3. The predicted octanol–water partition coefficient (Wildman–Crippen LogP) is 2.63. The van der Waals surface area contributed by atoms with E-state index in [4.69, 9.17) is 14.7 Å². The molecule has 0 bridgehead atoms. The monoisotopic (exact) mass is 272 g/mol. The maximum absolute atomic E-state index is 11.4. The SMILES string of the molecule is C=CCOc1cccc(N/C=C(\C#N)C(=O)OCC)c1. The third-order valence-electron chi connectivity index (χ3n) is 2.20. The lowest BCUT2D eigenvalue weighted by Gasteiger charge is -2.06. The van der Waals surface area contributed by atoms with Gasteiger partial charge >= 0.3 is 5.97 Å². The first-order chi connectivity index (χ1) is 9.71. The van der Waals surface area contributed by atoms with Crippen LogP contribution in [-0.4, -0.2) is 19.2 Å². The second-order valence-electron chi connectivity index (χ2n) is 3.66. The van der Waals surface area contributed by atoms with Crippen LogP contribution in [0.25, 0.3) is 0 Å². The highest BCUT2D eigenvalue weighted by Crippen LogP contribution is 2.17. The van der Waals surface area contributed by atoms with Crippen molar-refractivity contribution in [2.75, 3.05) is 18.5 Å². The zero-order chi connectivity index (χ0) is 14.8. The quantitative estimate of drug-likeness (QED) is 0.357. The van der Waals surface area contributed by atoms with Gasteiger partial charge in [-0.3, -0.25) is 0 Å². The van der Waals surface area contributed by atoms with Crippen molar-refractivity contribution in [3.63, 3.8) is 0 Å². The highest BCUT2D eigenvalue weighted by atomic mass is 16.5. The lowest BCUT2D eigenvalue weighted by atomic mass is 10.3. The molecular formula is C15H16N2O3. The Hall–Kier alpha value is -2.74. The van der Waals surface area contributed by atoms with Crippen molar-refractivity contribution in [3.05, 3.63) is 48.7 Å². The molecule has 0 saturated carbocycles. The smallest absolute Gasteiger partial charge is 0.350 e. The number of ether oxygens (including phenoxy) is 2. The Labute approximate surface area is 118 Å². The molecule has 1 aromatic carbocycles. The van der Waals surface area contributed by atoms with E-state index < -0.39 is 5.97 Å². The summed E-state index contributed by atoms with van der Waals surface area (Å²) in [6.07, 6.45) is 2.96. The number of anilines is 1. The van der Waals surface area contributed by atoms with Gasteiger partial charge < -0.3 is 14.8 Å². The van der Waals surface area contributed by atoms with E-state index in [2.05, 4.69) is 11.9 Å². The van der Waals surface area contributed by atoms with Crippen molar-refractivity contribution >= 4 is 11.7 Å². The Kier molecular flexibility index (Phi) is 6.42. The van der Waals surface area contributed by atoms with Gasteiger partial charge in [-0.05, 0) is 19.1 Å². The van der Waals surface area contributed by atoms with Crippen molar-refractivity contribution in [2.45, 2.75) is 6.92 Å².